The molecular weight excluding hydrogens is 236 g/mol. The first-order chi connectivity index (χ1) is 9.10. The number of furan rings is 1. The third kappa shape index (κ3) is 3.58. The molecule has 19 heavy (non-hydrogen) atoms. The van der Waals surface area contributed by atoms with Gasteiger partial charge in [-0.3, -0.25) is 0 Å². The van der Waals surface area contributed by atoms with Crippen molar-refractivity contribution in [1.29, 1.82) is 0 Å². The fourth-order valence-electron chi connectivity index (χ4n) is 2.29. The van der Waals surface area contributed by atoms with Gasteiger partial charge < -0.3 is 14.6 Å². The minimum absolute atomic E-state index is 0.252. The number of rotatable bonds is 6. The molecule has 0 aliphatic heterocycles. The zero-order valence-electron chi connectivity index (χ0n) is 12.4. The van der Waals surface area contributed by atoms with Crippen molar-refractivity contribution in [1.82, 2.24) is 10.2 Å². The summed E-state index contributed by atoms with van der Waals surface area (Å²) in [6, 6.07) is 8.74. The largest absolute Gasteiger partial charge is 0.459 e. The summed E-state index contributed by atoms with van der Waals surface area (Å²) >= 11 is 0. The van der Waals surface area contributed by atoms with Gasteiger partial charge in [-0.2, -0.15) is 0 Å². The molecule has 0 amide bonds. The Morgan fingerprint density at radius 1 is 1.26 bits per heavy atom. The van der Waals surface area contributed by atoms with Gasteiger partial charge in [0.2, 0.25) is 0 Å². The van der Waals surface area contributed by atoms with Crippen LogP contribution in [0.4, 0.5) is 0 Å². The Morgan fingerprint density at radius 3 is 2.74 bits per heavy atom. The molecule has 1 aromatic carbocycles. The number of hydrogen-bond donors (Lipinski definition) is 1. The molecule has 104 valence electrons. The fraction of sp³-hybridized carbons (Fsp3) is 0.500. The van der Waals surface area contributed by atoms with Crippen molar-refractivity contribution < 1.29 is 4.42 Å². The summed E-state index contributed by atoms with van der Waals surface area (Å²) in [7, 11) is 4.18. The molecule has 0 spiro atoms. The van der Waals surface area contributed by atoms with Crippen LogP contribution in [0, 0.1) is 6.92 Å². The van der Waals surface area contributed by atoms with Gasteiger partial charge in [-0.25, -0.2) is 0 Å². The number of likely N-dealkylation sites (N-methyl/N-ethyl adjacent to an activating group) is 1. The van der Waals surface area contributed by atoms with Crippen LogP contribution < -0.4 is 5.32 Å². The molecule has 0 saturated carbocycles. The third-order valence-electron chi connectivity index (χ3n) is 3.22. The lowest BCUT2D eigenvalue weighted by atomic mass is 10.1. The summed E-state index contributed by atoms with van der Waals surface area (Å²) in [4.78, 5) is 2.19. The van der Waals surface area contributed by atoms with E-state index in [1.807, 2.05) is 0 Å². The van der Waals surface area contributed by atoms with E-state index in [0.29, 0.717) is 0 Å². The Kier molecular flexibility index (Phi) is 4.61. The Labute approximate surface area is 115 Å². The van der Waals surface area contributed by atoms with E-state index in [4.69, 9.17) is 4.42 Å². The summed E-state index contributed by atoms with van der Waals surface area (Å²) in [6.45, 7) is 6.24. The average Bonchev–Trinajstić information content (AvgIpc) is 2.76. The molecule has 0 saturated heterocycles. The molecule has 2 rings (SSSR count). The fourth-order valence-corrected chi connectivity index (χ4v) is 2.29. The molecule has 0 fully saturated rings. The second-order valence-corrected chi connectivity index (χ2v) is 5.46. The van der Waals surface area contributed by atoms with E-state index in [1.54, 1.807) is 0 Å². The SMILES string of the molecule is CCCNC(CN(C)C)c1cc2cc(C)ccc2o1. The minimum Gasteiger partial charge on any atom is -0.459 e. The molecule has 1 aromatic heterocycles. The van der Waals surface area contributed by atoms with Crippen molar-refractivity contribution >= 4 is 11.0 Å². The Hall–Kier alpha value is -1.32. The molecular formula is C16H24N2O. The van der Waals surface area contributed by atoms with Gasteiger partial charge in [-0.05, 0) is 52.2 Å². The van der Waals surface area contributed by atoms with Gasteiger partial charge in [0, 0.05) is 11.9 Å². The highest BCUT2D eigenvalue weighted by Crippen LogP contribution is 2.25. The lowest BCUT2D eigenvalue weighted by Crippen LogP contribution is -2.31. The second-order valence-electron chi connectivity index (χ2n) is 5.46. The maximum atomic E-state index is 5.99. The van der Waals surface area contributed by atoms with Crippen molar-refractivity contribution in [2.75, 3.05) is 27.2 Å². The molecule has 0 aliphatic carbocycles. The van der Waals surface area contributed by atoms with Gasteiger partial charge in [0.1, 0.15) is 11.3 Å². The van der Waals surface area contributed by atoms with Crippen molar-refractivity contribution in [3.63, 3.8) is 0 Å². The quantitative estimate of drug-likeness (QED) is 0.863. The molecule has 1 atom stereocenters. The number of hydrogen-bond acceptors (Lipinski definition) is 3. The highest BCUT2D eigenvalue weighted by atomic mass is 16.3. The monoisotopic (exact) mass is 260 g/mol. The van der Waals surface area contributed by atoms with E-state index in [2.05, 4.69) is 62.4 Å². The van der Waals surface area contributed by atoms with Gasteiger partial charge in [0.05, 0.1) is 6.04 Å². The Balaban J connectivity index is 2.26. The first-order valence-electron chi connectivity index (χ1n) is 6.98. The molecule has 1 unspecified atom stereocenters. The zero-order chi connectivity index (χ0) is 13.8. The first kappa shape index (κ1) is 14.1. The second kappa shape index (κ2) is 6.22. The maximum Gasteiger partial charge on any atom is 0.134 e. The van der Waals surface area contributed by atoms with Crippen LogP contribution in [0.25, 0.3) is 11.0 Å². The molecule has 0 bridgehead atoms. The number of fused-ring (bicyclic) bond motifs is 1. The average molecular weight is 260 g/mol. The van der Waals surface area contributed by atoms with Crippen LogP contribution in [0.1, 0.15) is 30.7 Å². The predicted octanol–water partition coefficient (Wildman–Crippen LogP) is 3.34. The smallest absolute Gasteiger partial charge is 0.134 e. The lowest BCUT2D eigenvalue weighted by molar-refractivity contribution is 0.313. The summed E-state index contributed by atoms with van der Waals surface area (Å²) in [5.41, 5.74) is 2.24. The van der Waals surface area contributed by atoms with Crippen LogP contribution in [-0.2, 0) is 0 Å². The molecule has 0 aliphatic rings. The molecule has 2 aromatic rings. The molecule has 3 nitrogen and oxygen atoms in total. The topological polar surface area (TPSA) is 28.4 Å². The van der Waals surface area contributed by atoms with Crippen molar-refractivity contribution in [2.24, 2.45) is 0 Å². The number of nitrogens with zero attached hydrogens (tertiary/aromatic N) is 1. The lowest BCUT2D eigenvalue weighted by Gasteiger charge is -2.20. The minimum atomic E-state index is 0.252. The molecule has 0 radical (unpaired) electrons. The Bertz CT molecular complexity index is 531. The van der Waals surface area contributed by atoms with Crippen LogP contribution >= 0.6 is 0 Å². The highest BCUT2D eigenvalue weighted by Gasteiger charge is 2.16. The normalized spacial score (nSPS) is 13.3. The van der Waals surface area contributed by atoms with Gasteiger partial charge >= 0.3 is 0 Å². The van der Waals surface area contributed by atoms with E-state index >= 15 is 0 Å². The van der Waals surface area contributed by atoms with E-state index in [1.165, 1.54) is 10.9 Å². The van der Waals surface area contributed by atoms with Crippen LogP contribution in [0.2, 0.25) is 0 Å². The third-order valence-corrected chi connectivity index (χ3v) is 3.22. The van der Waals surface area contributed by atoms with Gasteiger partial charge in [0.15, 0.2) is 0 Å². The van der Waals surface area contributed by atoms with Crippen LogP contribution in [0.5, 0.6) is 0 Å². The standard InChI is InChI=1S/C16H24N2O/c1-5-8-17-14(11-18(3)4)16-10-13-9-12(2)6-7-15(13)19-16/h6-7,9-10,14,17H,5,8,11H2,1-4H3. The summed E-state index contributed by atoms with van der Waals surface area (Å²) in [5, 5.41) is 4.75. The molecule has 1 N–H and O–H groups in total. The molecule has 3 heteroatoms. The van der Waals surface area contributed by atoms with Crippen molar-refractivity contribution in [2.45, 2.75) is 26.3 Å². The maximum absolute atomic E-state index is 5.99. The van der Waals surface area contributed by atoms with Crippen molar-refractivity contribution in [3.8, 4) is 0 Å². The van der Waals surface area contributed by atoms with E-state index in [-0.39, 0.29) is 6.04 Å². The van der Waals surface area contributed by atoms with Crippen LogP contribution in [0.3, 0.4) is 0 Å². The van der Waals surface area contributed by atoms with E-state index < -0.39 is 0 Å². The van der Waals surface area contributed by atoms with Crippen molar-refractivity contribution in [3.05, 3.63) is 35.6 Å². The zero-order valence-corrected chi connectivity index (χ0v) is 12.4. The summed E-state index contributed by atoms with van der Waals surface area (Å²) < 4.78 is 5.99. The Morgan fingerprint density at radius 2 is 2.05 bits per heavy atom. The highest BCUT2D eigenvalue weighted by molar-refractivity contribution is 5.78. The first-order valence-corrected chi connectivity index (χ1v) is 6.98. The number of nitrogens with one attached hydrogen (secondary N) is 1. The summed E-state index contributed by atoms with van der Waals surface area (Å²) in [6.07, 6.45) is 1.13. The van der Waals surface area contributed by atoms with E-state index in [0.717, 1.165) is 30.9 Å². The van der Waals surface area contributed by atoms with Gasteiger partial charge in [-0.1, -0.05) is 18.6 Å². The van der Waals surface area contributed by atoms with Gasteiger partial charge in [0.25, 0.3) is 0 Å². The van der Waals surface area contributed by atoms with Crippen LogP contribution in [0.15, 0.2) is 28.7 Å². The van der Waals surface area contributed by atoms with Gasteiger partial charge in [-0.15, -0.1) is 0 Å². The number of benzene rings is 1. The van der Waals surface area contributed by atoms with E-state index in [9.17, 15) is 0 Å². The summed E-state index contributed by atoms with van der Waals surface area (Å²) in [5.74, 6) is 1.03. The van der Waals surface area contributed by atoms with Crippen LogP contribution in [-0.4, -0.2) is 32.1 Å². The number of aryl methyl sites for hydroxylation is 1. The molecule has 1 heterocycles. The predicted molar refractivity (Wildman–Crippen MR) is 80.5 cm³/mol.